The van der Waals surface area contributed by atoms with E-state index in [0.29, 0.717) is 12.6 Å². The van der Waals surface area contributed by atoms with Crippen molar-refractivity contribution in [2.24, 2.45) is 5.92 Å². The molecule has 84 valence electrons. The number of nitrogens with one attached hydrogen (secondary N) is 1. The van der Waals surface area contributed by atoms with Crippen molar-refractivity contribution in [3.05, 3.63) is 0 Å². The second kappa shape index (κ2) is 5.13. The van der Waals surface area contributed by atoms with Gasteiger partial charge < -0.3 is 10.4 Å². The van der Waals surface area contributed by atoms with Crippen molar-refractivity contribution in [2.45, 2.75) is 64.5 Å². The van der Waals surface area contributed by atoms with Crippen LogP contribution in [0.15, 0.2) is 0 Å². The number of aliphatic hydroxyl groups is 1. The van der Waals surface area contributed by atoms with Crippen LogP contribution >= 0.6 is 0 Å². The van der Waals surface area contributed by atoms with Gasteiger partial charge in [0.25, 0.3) is 0 Å². The van der Waals surface area contributed by atoms with E-state index >= 15 is 0 Å². The molecular formula is C12H25NO. The molecule has 0 saturated heterocycles. The van der Waals surface area contributed by atoms with Gasteiger partial charge in [-0.1, -0.05) is 19.3 Å². The lowest BCUT2D eigenvalue weighted by atomic mass is 9.84. The topological polar surface area (TPSA) is 32.3 Å². The van der Waals surface area contributed by atoms with E-state index in [-0.39, 0.29) is 0 Å². The lowest BCUT2D eigenvalue weighted by Gasteiger charge is -2.30. The van der Waals surface area contributed by atoms with Gasteiger partial charge in [-0.15, -0.1) is 0 Å². The molecule has 0 aromatic heterocycles. The summed E-state index contributed by atoms with van der Waals surface area (Å²) in [7, 11) is 0. The van der Waals surface area contributed by atoms with Crippen molar-refractivity contribution in [2.75, 3.05) is 6.54 Å². The Morgan fingerprint density at radius 3 is 2.36 bits per heavy atom. The van der Waals surface area contributed by atoms with Crippen LogP contribution in [0.2, 0.25) is 0 Å². The SMILES string of the molecule is CC(NCC(C)(C)O)C1CCCCC1. The minimum Gasteiger partial charge on any atom is -0.389 e. The second-order valence-corrected chi connectivity index (χ2v) is 5.38. The summed E-state index contributed by atoms with van der Waals surface area (Å²) < 4.78 is 0. The Bertz CT molecular complexity index is 156. The molecule has 1 atom stereocenters. The summed E-state index contributed by atoms with van der Waals surface area (Å²) in [6.45, 7) is 6.66. The third-order valence-corrected chi connectivity index (χ3v) is 3.21. The smallest absolute Gasteiger partial charge is 0.0715 e. The van der Waals surface area contributed by atoms with Gasteiger partial charge in [-0.3, -0.25) is 0 Å². The van der Waals surface area contributed by atoms with Crippen LogP contribution in [-0.2, 0) is 0 Å². The van der Waals surface area contributed by atoms with Gasteiger partial charge in [0.05, 0.1) is 5.60 Å². The molecule has 1 saturated carbocycles. The van der Waals surface area contributed by atoms with E-state index in [4.69, 9.17) is 0 Å². The molecule has 0 spiro atoms. The molecule has 1 rings (SSSR count). The Labute approximate surface area is 88.1 Å². The summed E-state index contributed by atoms with van der Waals surface area (Å²) in [5, 5.41) is 13.0. The Morgan fingerprint density at radius 2 is 1.86 bits per heavy atom. The zero-order chi connectivity index (χ0) is 10.6. The molecule has 0 amide bonds. The van der Waals surface area contributed by atoms with Gasteiger partial charge in [-0.25, -0.2) is 0 Å². The van der Waals surface area contributed by atoms with E-state index < -0.39 is 5.60 Å². The maximum atomic E-state index is 9.60. The van der Waals surface area contributed by atoms with Crippen molar-refractivity contribution < 1.29 is 5.11 Å². The van der Waals surface area contributed by atoms with E-state index in [9.17, 15) is 5.11 Å². The highest BCUT2D eigenvalue weighted by Crippen LogP contribution is 2.26. The first kappa shape index (κ1) is 12.0. The maximum Gasteiger partial charge on any atom is 0.0715 e. The maximum absolute atomic E-state index is 9.60. The fourth-order valence-corrected chi connectivity index (χ4v) is 2.21. The molecule has 0 heterocycles. The summed E-state index contributed by atoms with van der Waals surface area (Å²) in [6.07, 6.45) is 6.91. The molecule has 1 fully saturated rings. The van der Waals surface area contributed by atoms with Crippen LogP contribution in [0, 0.1) is 5.92 Å². The average molecular weight is 199 g/mol. The zero-order valence-corrected chi connectivity index (χ0v) is 9.84. The Hall–Kier alpha value is -0.0800. The van der Waals surface area contributed by atoms with E-state index in [1.807, 2.05) is 13.8 Å². The van der Waals surface area contributed by atoms with Crippen LogP contribution in [0.25, 0.3) is 0 Å². The molecule has 0 aromatic rings. The van der Waals surface area contributed by atoms with Crippen LogP contribution in [-0.4, -0.2) is 23.3 Å². The molecule has 0 aromatic carbocycles. The van der Waals surface area contributed by atoms with E-state index in [1.165, 1.54) is 32.1 Å². The first-order valence-corrected chi connectivity index (χ1v) is 5.95. The lowest BCUT2D eigenvalue weighted by Crippen LogP contribution is -2.43. The van der Waals surface area contributed by atoms with Crippen LogP contribution in [0.5, 0.6) is 0 Å². The van der Waals surface area contributed by atoms with Gasteiger partial charge in [0.15, 0.2) is 0 Å². The van der Waals surface area contributed by atoms with Crippen LogP contribution in [0.1, 0.15) is 52.9 Å². The molecule has 0 aliphatic heterocycles. The highest BCUT2D eigenvalue weighted by Gasteiger charge is 2.21. The minimum absolute atomic E-state index is 0.557. The first-order chi connectivity index (χ1) is 6.49. The zero-order valence-electron chi connectivity index (χ0n) is 9.84. The fourth-order valence-electron chi connectivity index (χ4n) is 2.21. The second-order valence-electron chi connectivity index (χ2n) is 5.38. The summed E-state index contributed by atoms with van der Waals surface area (Å²) in [5.74, 6) is 0.825. The molecule has 1 aliphatic rings. The van der Waals surface area contributed by atoms with Gasteiger partial charge >= 0.3 is 0 Å². The van der Waals surface area contributed by atoms with Crippen molar-refractivity contribution in [1.82, 2.24) is 5.32 Å². The van der Waals surface area contributed by atoms with Crippen molar-refractivity contribution in [1.29, 1.82) is 0 Å². The Morgan fingerprint density at radius 1 is 1.29 bits per heavy atom. The molecule has 14 heavy (non-hydrogen) atoms. The Balaban J connectivity index is 2.23. The monoisotopic (exact) mass is 199 g/mol. The largest absolute Gasteiger partial charge is 0.389 e. The average Bonchev–Trinajstić information content (AvgIpc) is 2.14. The van der Waals surface area contributed by atoms with Crippen LogP contribution in [0.3, 0.4) is 0 Å². The van der Waals surface area contributed by atoms with E-state index in [0.717, 1.165) is 5.92 Å². The van der Waals surface area contributed by atoms with Gasteiger partial charge in [0.1, 0.15) is 0 Å². The Kier molecular flexibility index (Phi) is 4.39. The summed E-state index contributed by atoms with van der Waals surface area (Å²) in [5.41, 5.74) is -0.580. The molecule has 2 N–H and O–H groups in total. The molecule has 0 radical (unpaired) electrons. The normalized spacial score (nSPS) is 22.3. The summed E-state index contributed by atoms with van der Waals surface area (Å²) in [6, 6.07) is 0.557. The third kappa shape index (κ3) is 4.43. The standard InChI is InChI=1S/C12H25NO/c1-10(13-9-12(2,3)14)11-7-5-4-6-8-11/h10-11,13-14H,4-9H2,1-3H3. The van der Waals surface area contributed by atoms with Crippen molar-refractivity contribution in [3.8, 4) is 0 Å². The lowest BCUT2D eigenvalue weighted by molar-refractivity contribution is 0.0730. The van der Waals surface area contributed by atoms with Gasteiger partial charge in [-0.05, 0) is 39.5 Å². The predicted molar refractivity (Wildman–Crippen MR) is 60.3 cm³/mol. The number of hydrogen-bond acceptors (Lipinski definition) is 2. The highest BCUT2D eigenvalue weighted by atomic mass is 16.3. The minimum atomic E-state index is -0.580. The van der Waals surface area contributed by atoms with E-state index in [2.05, 4.69) is 12.2 Å². The molecule has 2 nitrogen and oxygen atoms in total. The fraction of sp³-hybridized carbons (Fsp3) is 1.00. The van der Waals surface area contributed by atoms with Gasteiger partial charge in [0, 0.05) is 12.6 Å². The van der Waals surface area contributed by atoms with Crippen LogP contribution < -0.4 is 5.32 Å². The molecular weight excluding hydrogens is 174 g/mol. The number of hydrogen-bond donors (Lipinski definition) is 2. The summed E-state index contributed by atoms with van der Waals surface area (Å²) >= 11 is 0. The predicted octanol–water partition coefficient (Wildman–Crippen LogP) is 2.32. The summed E-state index contributed by atoms with van der Waals surface area (Å²) in [4.78, 5) is 0. The molecule has 1 aliphatic carbocycles. The third-order valence-electron chi connectivity index (χ3n) is 3.21. The van der Waals surface area contributed by atoms with Crippen molar-refractivity contribution in [3.63, 3.8) is 0 Å². The number of rotatable bonds is 4. The quantitative estimate of drug-likeness (QED) is 0.728. The first-order valence-electron chi connectivity index (χ1n) is 5.95. The highest BCUT2D eigenvalue weighted by molar-refractivity contribution is 4.78. The molecule has 2 heteroatoms. The van der Waals surface area contributed by atoms with Gasteiger partial charge in [-0.2, -0.15) is 0 Å². The van der Waals surface area contributed by atoms with Crippen molar-refractivity contribution >= 4 is 0 Å². The van der Waals surface area contributed by atoms with Crippen LogP contribution in [0.4, 0.5) is 0 Å². The van der Waals surface area contributed by atoms with E-state index in [1.54, 1.807) is 0 Å². The molecule has 1 unspecified atom stereocenters. The van der Waals surface area contributed by atoms with Gasteiger partial charge in [0.2, 0.25) is 0 Å². The molecule has 0 bridgehead atoms.